The average molecular weight is 446 g/mol. The van der Waals surface area contributed by atoms with Crippen LogP contribution < -0.4 is 10.6 Å². The number of anilines is 1. The molecule has 0 aliphatic heterocycles. The first-order valence-corrected chi connectivity index (χ1v) is 11.4. The third-order valence-electron chi connectivity index (χ3n) is 7.58. The topological polar surface area (TPSA) is 131 Å². The quantitative estimate of drug-likeness (QED) is 0.303. The standard InChI is InChI=1S/C23H31N3O6/c1-14(23-10-15-6-16(11-23)8-17(7-15)12-23)25-21(28)13-32-22(29)19-9-18(26(30)31)2-3-20(19)24-4-5-27/h2-3,9,14-17,24,27H,4-8,10-13H2,1H3,(H,25,28). The highest BCUT2D eigenvalue weighted by Crippen LogP contribution is 2.61. The van der Waals surface area contributed by atoms with Gasteiger partial charge in [-0.1, -0.05) is 0 Å². The van der Waals surface area contributed by atoms with E-state index in [0.29, 0.717) is 5.69 Å². The van der Waals surface area contributed by atoms with Gasteiger partial charge in [0.15, 0.2) is 6.61 Å². The molecule has 4 saturated carbocycles. The Hall–Kier alpha value is -2.68. The number of hydrogen-bond acceptors (Lipinski definition) is 7. The monoisotopic (exact) mass is 445 g/mol. The second-order valence-corrected chi connectivity index (χ2v) is 9.78. The van der Waals surface area contributed by atoms with Gasteiger partial charge in [-0.05, 0) is 74.7 Å². The van der Waals surface area contributed by atoms with Gasteiger partial charge in [-0.15, -0.1) is 0 Å². The van der Waals surface area contributed by atoms with Gasteiger partial charge in [0, 0.05) is 30.4 Å². The lowest BCUT2D eigenvalue weighted by Gasteiger charge is -2.59. The Kier molecular flexibility index (Phi) is 6.37. The van der Waals surface area contributed by atoms with Crippen LogP contribution in [0.2, 0.25) is 0 Å². The Morgan fingerprint density at radius 3 is 2.41 bits per heavy atom. The molecule has 5 rings (SSSR count). The minimum atomic E-state index is -0.827. The van der Waals surface area contributed by atoms with Crippen molar-refractivity contribution < 1.29 is 24.4 Å². The lowest BCUT2D eigenvalue weighted by Crippen LogP contribution is -2.56. The summed E-state index contributed by atoms with van der Waals surface area (Å²) in [7, 11) is 0. The van der Waals surface area contributed by atoms with Crippen molar-refractivity contribution in [1.82, 2.24) is 5.32 Å². The number of rotatable bonds is 9. The van der Waals surface area contributed by atoms with Gasteiger partial charge in [0.1, 0.15) is 0 Å². The van der Waals surface area contributed by atoms with E-state index in [1.54, 1.807) is 0 Å². The van der Waals surface area contributed by atoms with Crippen LogP contribution in [0.1, 0.15) is 55.8 Å². The molecule has 1 atom stereocenters. The number of amides is 1. The summed E-state index contributed by atoms with van der Waals surface area (Å²) in [6.07, 6.45) is 7.46. The first-order valence-electron chi connectivity index (χ1n) is 11.4. The summed E-state index contributed by atoms with van der Waals surface area (Å²) in [5, 5.41) is 26.0. The number of aliphatic hydroxyl groups excluding tert-OH is 1. The minimum absolute atomic E-state index is 0.0155. The molecule has 32 heavy (non-hydrogen) atoms. The van der Waals surface area contributed by atoms with E-state index in [4.69, 9.17) is 9.84 Å². The van der Waals surface area contributed by atoms with Crippen LogP contribution in [-0.4, -0.2) is 47.7 Å². The van der Waals surface area contributed by atoms with Crippen LogP contribution in [0.5, 0.6) is 0 Å². The second-order valence-electron chi connectivity index (χ2n) is 9.78. The van der Waals surface area contributed by atoms with E-state index in [-0.39, 0.29) is 41.8 Å². The molecule has 0 heterocycles. The molecule has 0 saturated heterocycles. The lowest BCUT2D eigenvalue weighted by molar-refractivity contribution is -0.384. The summed E-state index contributed by atoms with van der Waals surface area (Å²) in [6, 6.07) is 3.77. The fourth-order valence-electron chi connectivity index (χ4n) is 6.51. The van der Waals surface area contributed by atoms with Crippen LogP contribution in [-0.2, 0) is 9.53 Å². The molecule has 1 aromatic rings. The summed E-state index contributed by atoms with van der Waals surface area (Å²) in [5.41, 5.74) is 0.147. The predicted octanol–water partition coefficient (Wildman–Crippen LogP) is 2.88. The molecular formula is C23H31N3O6. The van der Waals surface area contributed by atoms with Crippen LogP contribution in [0.3, 0.4) is 0 Å². The maximum atomic E-state index is 12.6. The highest BCUT2D eigenvalue weighted by atomic mass is 16.6. The Morgan fingerprint density at radius 1 is 1.22 bits per heavy atom. The van der Waals surface area contributed by atoms with Crippen molar-refractivity contribution in [1.29, 1.82) is 0 Å². The number of nitro groups is 1. The van der Waals surface area contributed by atoms with Gasteiger partial charge in [-0.25, -0.2) is 4.79 Å². The number of esters is 1. The van der Waals surface area contributed by atoms with E-state index in [2.05, 4.69) is 17.6 Å². The molecule has 4 aliphatic rings. The number of carbonyl (C=O) groups is 2. The van der Waals surface area contributed by atoms with Crippen molar-refractivity contribution in [2.24, 2.45) is 23.2 Å². The predicted molar refractivity (Wildman–Crippen MR) is 117 cm³/mol. The molecule has 0 spiro atoms. The van der Waals surface area contributed by atoms with Crippen LogP contribution >= 0.6 is 0 Å². The van der Waals surface area contributed by atoms with E-state index in [1.807, 2.05) is 0 Å². The average Bonchev–Trinajstić information content (AvgIpc) is 2.74. The molecule has 3 N–H and O–H groups in total. The summed E-state index contributed by atoms with van der Waals surface area (Å²) in [4.78, 5) is 35.6. The van der Waals surface area contributed by atoms with Crippen LogP contribution in [0.25, 0.3) is 0 Å². The normalized spacial score (nSPS) is 28.8. The first-order chi connectivity index (χ1) is 15.3. The molecule has 9 heteroatoms. The van der Waals surface area contributed by atoms with Gasteiger partial charge in [-0.2, -0.15) is 0 Å². The number of nitrogens with one attached hydrogen (secondary N) is 2. The van der Waals surface area contributed by atoms with Gasteiger partial charge in [-0.3, -0.25) is 14.9 Å². The van der Waals surface area contributed by atoms with Crippen molar-refractivity contribution in [3.63, 3.8) is 0 Å². The van der Waals surface area contributed by atoms with Crippen LogP contribution in [0.15, 0.2) is 18.2 Å². The van der Waals surface area contributed by atoms with E-state index in [0.717, 1.165) is 43.1 Å². The van der Waals surface area contributed by atoms with Gasteiger partial charge in [0.05, 0.1) is 17.1 Å². The largest absolute Gasteiger partial charge is 0.452 e. The highest BCUT2D eigenvalue weighted by molar-refractivity contribution is 5.97. The number of non-ortho nitro benzene ring substituents is 1. The molecule has 9 nitrogen and oxygen atoms in total. The van der Waals surface area contributed by atoms with Crippen LogP contribution in [0.4, 0.5) is 11.4 Å². The van der Waals surface area contributed by atoms with Gasteiger partial charge in [0.25, 0.3) is 11.6 Å². The fraction of sp³-hybridized carbons (Fsp3) is 0.652. The van der Waals surface area contributed by atoms with E-state index in [1.165, 1.54) is 31.4 Å². The van der Waals surface area contributed by atoms with Gasteiger partial charge < -0.3 is 20.5 Å². The lowest BCUT2D eigenvalue weighted by atomic mass is 9.48. The van der Waals surface area contributed by atoms with Crippen LogP contribution in [0, 0.1) is 33.3 Å². The highest BCUT2D eigenvalue weighted by Gasteiger charge is 2.53. The number of aliphatic hydroxyl groups is 1. The second kappa shape index (κ2) is 9.05. The number of benzene rings is 1. The molecular weight excluding hydrogens is 414 g/mol. The Labute approximate surface area is 187 Å². The maximum Gasteiger partial charge on any atom is 0.341 e. The summed E-state index contributed by atoms with van der Waals surface area (Å²) in [5.74, 6) is 1.13. The zero-order valence-electron chi connectivity index (χ0n) is 18.3. The SMILES string of the molecule is CC(NC(=O)COC(=O)c1cc([N+](=O)[O-])ccc1NCCO)C12CC3CC(CC(C3)C1)C2. The smallest absolute Gasteiger partial charge is 0.341 e. The fourth-order valence-corrected chi connectivity index (χ4v) is 6.51. The summed E-state index contributed by atoms with van der Waals surface area (Å²) < 4.78 is 5.19. The number of carbonyl (C=O) groups excluding carboxylic acids is 2. The van der Waals surface area contributed by atoms with Crippen molar-refractivity contribution in [2.45, 2.75) is 51.5 Å². The Balaban J connectivity index is 1.36. The third-order valence-corrected chi connectivity index (χ3v) is 7.58. The zero-order valence-corrected chi connectivity index (χ0v) is 18.3. The summed E-state index contributed by atoms with van der Waals surface area (Å²) in [6.45, 7) is 1.61. The van der Waals surface area contributed by atoms with Crippen molar-refractivity contribution in [3.8, 4) is 0 Å². The van der Waals surface area contributed by atoms with E-state index >= 15 is 0 Å². The van der Waals surface area contributed by atoms with E-state index < -0.39 is 17.5 Å². The maximum absolute atomic E-state index is 12.6. The molecule has 1 unspecified atom stereocenters. The molecule has 4 aliphatic carbocycles. The minimum Gasteiger partial charge on any atom is -0.452 e. The number of nitro benzene ring substituents is 1. The summed E-state index contributed by atoms with van der Waals surface area (Å²) >= 11 is 0. The van der Waals surface area contributed by atoms with E-state index in [9.17, 15) is 19.7 Å². The number of nitrogens with zero attached hydrogens (tertiary/aromatic N) is 1. The molecule has 174 valence electrons. The molecule has 4 bridgehead atoms. The Morgan fingerprint density at radius 2 is 1.84 bits per heavy atom. The molecule has 4 fully saturated rings. The number of ether oxygens (including phenoxy) is 1. The Bertz CT molecular complexity index is 866. The van der Waals surface area contributed by atoms with Crippen molar-refractivity contribution in [3.05, 3.63) is 33.9 Å². The third kappa shape index (κ3) is 4.57. The number of hydrogen-bond donors (Lipinski definition) is 3. The van der Waals surface area contributed by atoms with Gasteiger partial charge >= 0.3 is 5.97 Å². The van der Waals surface area contributed by atoms with Gasteiger partial charge in [0.2, 0.25) is 0 Å². The van der Waals surface area contributed by atoms with Crippen molar-refractivity contribution >= 4 is 23.3 Å². The molecule has 0 aromatic heterocycles. The zero-order chi connectivity index (χ0) is 22.9. The first kappa shape index (κ1) is 22.5. The van der Waals surface area contributed by atoms with Crippen molar-refractivity contribution in [2.75, 3.05) is 25.1 Å². The molecule has 1 aromatic carbocycles. The molecule has 0 radical (unpaired) electrons. The molecule has 1 amide bonds.